The summed E-state index contributed by atoms with van der Waals surface area (Å²) in [5, 5.41) is 0. The van der Waals surface area contributed by atoms with Crippen molar-refractivity contribution in [1.29, 1.82) is 0 Å². The molecule has 2 nitrogen and oxygen atoms in total. The Morgan fingerprint density at radius 2 is 2.00 bits per heavy atom. The summed E-state index contributed by atoms with van der Waals surface area (Å²) in [4.78, 5) is 10.4. The Kier molecular flexibility index (Phi) is 3.68. The SMILES string of the molecule is COC(=O)C#CC(C)(C)C(F)F. The molecule has 0 spiro atoms. The van der Waals surface area contributed by atoms with Crippen molar-refractivity contribution >= 4 is 5.97 Å². The van der Waals surface area contributed by atoms with Crippen molar-refractivity contribution in [1.82, 2.24) is 0 Å². The zero-order chi connectivity index (χ0) is 9.78. The molecule has 0 aliphatic carbocycles. The molecule has 0 aromatic heterocycles. The third kappa shape index (κ3) is 3.33. The van der Waals surface area contributed by atoms with Crippen molar-refractivity contribution in [2.45, 2.75) is 20.3 Å². The van der Waals surface area contributed by atoms with Crippen molar-refractivity contribution in [2.24, 2.45) is 5.41 Å². The molecule has 0 aliphatic heterocycles. The van der Waals surface area contributed by atoms with Crippen molar-refractivity contribution in [2.75, 3.05) is 7.11 Å². The van der Waals surface area contributed by atoms with E-state index in [0.717, 1.165) is 7.11 Å². The van der Waals surface area contributed by atoms with Gasteiger partial charge in [0.15, 0.2) is 0 Å². The second-order valence-electron chi connectivity index (χ2n) is 2.76. The van der Waals surface area contributed by atoms with Gasteiger partial charge in [-0.1, -0.05) is 5.92 Å². The van der Waals surface area contributed by atoms with Crippen LogP contribution >= 0.6 is 0 Å². The van der Waals surface area contributed by atoms with E-state index in [2.05, 4.69) is 10.7 Å². The number of carbonyl (C=O) groups excluding carboxylic acids is 1. The first-order valence-electron chi connectivity index (χ1n) is 3.29. The second-order valence-corrected chi connectivity index (χ2v) is 2.76. The fourth-order valence-corrected chi connectivity index (χ4v) is 0.318. The maximum Gasteiger partial charge on any atom is 0.384 e. The molecule has 12 heavy (non-hydrogen) atoms. The number of alkyl halides is 2. The number of hydrogen-bond donors (Lipinski definition) is 0. The van der Waals surface area contributed by atoms with Gasteiger partial charge in [0.1, 0.15) is 0 Å². The molecule has 0 aromatic carbocycles. The van der Waals surface area contributed by atoms with Crippen LogP contribution in [-0.4, -0.2) is 19.5 Å². The molecular formula is C8H10F2O2. The van der Waals surface area contributed by atoms with Crippen LogP contribution in [0.4, 0.5) is 8.78 Å². The zero-order valence-electron chi connectivity index (χ0n) is 7.15. The van der Waals surface area contributed by atoms with E-state index >= 15 is 0 Å². The number of hydrogen-bond acceptors (Lipinski definition) is 2. The molecule has 0 aliphatic rings. The van der Waals surface area contributed by atoms with Crippen LogP contribution in [0.5, 0.6) is 0 Å². The third-order valence-corrected chi connectivity index (χ3v) is 1.22. The fourth-order valence-electron chi connectivity index (χ4n) is 0.318. The van der Waals surface area contributed by atoms with Gasteiger partial charge in [0.2, 0.25) is 0 Å². The largest absolute Gasteiger partial charge is 0.459 e. The summed E-state index contributed by atoms with van der Waals surface area (Å²) in [6.45, 7) is 2.52. The molecule has 0 fully saturated rings. The van der Waals surface area contributed by atoms with Gasteiger partial charge in [-0.2, -0.15) is 0 Å². The van der Waals surface area contributed by atoms with Crippen LogP contribution in [0.3, 0.4) is 0 Å². The molecule has 4 heteroatoms. The first kappa shape index (κ1) is 10.9. The molecule has 0 unspecified atom stereocenters. The first-order valence-corrected chi connectivity index (χ1v) is 3.29. The van der Waals surface area contributed by atoms with Crippen LogP contribution in [0.2, 0.25) is 0 Å². The highest BCUT2D eigenvalue weighted by Gasteiger charge is 2.27. The summed E-state index contributed by atoms with van der Waals surface area (Å²) in [7, 11) is 1.15. The van der Waals surface area contributed by atoms with Crippen LogP contribution < -0.4 is 0 Å². The number of ether oxygens (including phenoxy) is 1. The van der Waals surface area contributed by atoms with Crippen LogP contribution in [0, 0.1) is 17.3 Å². The van der Waals surface area contributed by atoms with E-state index in [9.17, 15) is 13.6 Å². The molecule has 0 heterocycles. The second kappa shape index (κ2) is 4.05. The van der Waals surface area contributed by atoms with E-state index < -0.39 is 17.8 Å². The average Bonchev–Trinajstić information content (AvgIpc) is 2.00. The molecular weight excluding hydrogens is 166 g/mol. The number of rotatable bonds is 1. The lowest BCUT2D eigenvalue weighted by Crippen LogP contribution is -2.19. The lowest BCUT2D eigenvalue weighted by Gasteiger charge is -2.14. The standard InChI is InChI=1S/C8H10F2O2/c1-8(2,7(9)10)5-4-6(11)12-3/h7H,1-3H3. The predicted molar refractivity (Wildman–Crippen MR) is 39.6 cm³/mol. The topological polar surface area (TPSA) is 26.3 Å². The van der Waals surface area contributed by atoms with Crippen LogP contribution in [0.1, 0.15) is 13.8 Å². The van der Waals surface area contributed by atoms with Gasteiger partial charge in [-0.05, 0) is 13.8 Å². The smallest absolute Gasteiger partial charge is 0.384 e. The number of halogens is 2. The quantitative estimate of drug-likeness (QED) is 0.343. The Hall–Kier alpha value is -1.11. The first-order chi connectivity index (χ1) is 5.40. The Labute approximate surface area is 69.9 Å². The fraction of sp³-hybridized carbons (Fsp3) is 0.625. The van der Waals surface area contributed by atoms with Crippen molar-refractivity contribution in [3.63, 3.8) is 0 Å². The molecule has 0 bridgehead atoms. The highest BCUT2D eigenvalue weighted by Crippen LogP contribution is 2.22. The lowest BCUT2D eigenvalue weighted by molar-refractivity contribution is -0.133. The maximum atomic E-state index is 12.1. The monoisotopic (exact) mass is 176 g/mol. The summed E-state index contributed by atoms with van der Waals surface area (Å²) in [6.07, 6.45) is -2.57. The molecule has 0 aromatic rings. The van der Waals surface area contributed by atoms with Gasteiger partial charge in [-0.3, -0.25) is 0 Å². The molecule has 0 saturated carbocycles. The van der Waals surface area contributed by atoms with E-state index in [4.69, 9.17) is 0 Å². The third-order valence-electron chi connectivity index (χ3n) is 1.22. The Morgan fingerprint density at radius 3 is 2.33 bits per heavy atom. The molecule has 0 N–H and O–H groups in total. The molecule has 0 rings (SSSR count). The van der Waals surface area contributed by atoms with Gasteiger partial charge in [-0.25, -0.2) is 13.6 Å². The Morgan fingerprint density at radius 1 is 1.50 bits per heavy atom. The van der Waals surface area contributed by atoms with Gasteiger partial charge in [0, 0.05) is 5.92 Å². The average molecular weight is 176 g/mol. The maximum absolute atomic E-state index is 12.1. The van der Waals surface area contributed by atoms with Crippen LogP contribution in [0.15, 0.2) is 0 Å². The van der Waals surface area contributed by atoms with Crippen molar-refractivity contribution in [3.8, 4) is 11.8 Å². The van der Waals surface area contributed by atoms with E-state index in [1.54, 1.807) is 0 Å². The minimum absolute atomic E-state index is 0.802. The normalized spacial score (nSPS) is 10.5. The van der Waals surface area contributed by atoms with Gasteiger partial charge >= 0.3 is 5.97 Å². The minimum atomic E-state index is -2.57. The molecule has 68 valence electrons. The summed E-state index contributed by atoms with van der Waals surface area (Å²) in [5.74, 6) is 3.30. The molecule has 0 amide bonds. The van der Waals surface area contributed by atoms with Gasteiger partial charge in [0.25, 0.3) is 6.43 Å². The van der Waals surface area contributed by atoms with Crippen LogP contribution in [0.25, 0.3) is 0 Å². The lowest BCUT2D eigenvalue weighted by atomic mass is 9.95. The van der Waals surface area contributed by atoms with Crippen LogP contribution in [-0.2, 0) is 9.53 Å². The summed E-state index contributed by atoms with van der Waals surface area (Å²) < 4.78 is 28.4. The molecule has 0 atom stereocenters. The van der Waals surface area contributed by atoms with Gasteiger partial charge < -0.3 is 4.74 Å². The van der Waals surface area contributed by atoms with E-state index in [1.165, 1.54) is 13.8 Å². The van der Waals surface area contributed by atoms with Gasteiger partial charge in [-0.15, -0.1) is 0 Å². The Balaban J connectivity index is 4.38. The highest BCUT2D eigenvalue weighted by atomic mass is 19.3. The number of esters is 1. The van der Waals surface area contributed by atoms with E-state index in [0.29, 0.717) is 0 Å². The number of carbonyl (C=O) groups is 1. The number of methoxy groups -OCH3 is 1. The zero-order valence-corrected chi connectivity index (χ0v) is 7.15. The predicted octanol–water partition coefficient (Wildman–Crippen LogP) is 1.45. The summed E-state index contributed by atoms with van der Waals surface area (Å²) in [6, 6.07) is 0. The van der Waals surface area contributed by atoms with E-state index in [1.807, 2.05) is 5.92 Å². The van der Waals surface area contributed by atoms with Crippen molar-refractivity contribution in [3.05, 3.63) is 0 Å². The summed E-state index contributed by atoms with van der Waals surface area (Å²) >= 11 is 0. The van der Waals surface area contributed by atoms with Gasteiger partial charge in [0.05, 0.1) is 12.5 Å². The summed E-state index contributed by atoms with van der Waals surface area (Å²) in [5.41, 5.74) is -1.46. The minimum Gasteiger partial charge on any atom is -0.459 e. The Bertz CT molecular complexity index is 223. The molecule has 0 saturated heterocycles. The highest BCUT2D eigenvalue weighted by molar-refractivity contribution is 5.88. The van der Waals surface area contributed by atoms with Crippen molar-refractivity contribution < 1.29 is 18.3 Å². The van der Waals surface area contributed by atoms with E-state index in [-0.39, 0.29) is 0 Å². The molecule has 0 radical (unpaired) electrons.